The lowest BCUT2D eigenvalue weighted by atomic mass is 10.0. The van der Waals surface area contributed by atoms with Gasteiger partial charge in [-0.25, -0.2) is 0 Å². The highest BCUT2D eigenvalue weighted by molar-refractivity contribution is 5.77. The Bertz CT molecular complexity index is 1170. The summed E-state index contributed by atoms with van der Waals surface area (Å²) in [7, 11) is 0. The summed E-state index contributed by atoms with van der Waals surface area (Å²) in [6, 6.07) is -0.718. The van der Waals surface area contributed by atoms with Gasteiger partial charge in [0.25, 0.3) is 0 Å². The smallest absolute Gasteiger partial charge is 0.306 e. The van der Waals surface area contributed by atoms with Gasteiger partial charge in [0.1, 0.15) is 6.10 Å². The van der Waals surface area contributed by atoms with Gasteiger partial charge < -0.3 is 20.3 Å². The molecule has 6 nitrogen and oxygen atoms in total. The molecule has 1 amide bonds. The minimum absolute atomic E-state index is 0.0461. The number of hydrogen-bond donors (Lipinski definition) is 3. The summed E-state index contributed by atoms with van der Waals surface area (Å²) in [5.41, 5.74) is 0. The minimum Gasteiger partial charge on any atom is -0.462 e. The van der Waals surface area contributed by atoms with Crippen LogP contribution < -0.4 is 5.32 Å². The molecule has 3 unspecified atom stereocenters. The molecule has 0 aliphatic carbocycles. The summed E-state index contributed by atoms with van der Waals surface area (Å²) in [5.74, 6) is -0.521. The van der Waals surface area contributed by atoms with Crippen molar-refractivity contribution in [3.05, 3.63) is 72.9 Å². The molecule has 0 aromatic heterocycles. The van der Waals surface area contributed by atoms with Gasteiger partial charge in [-0.3, -0.25) is 9.59 Å². The molecule has 0 aliphatic rings. The van der Waals surface area contributed by atoms with Gasteiger partial charge in [0, 0.05) is 6.42 Å². The summed E-state index contributed by atoms with van der Waals surface area (Å²) in [5, 5.41) is 23.7. The van der Waals surface area contributed by atoms with Crippen LogP contribution in [0.1, 0.15) is 252 Å². The van der Waals surface area contributed by atoms with Crippen molar-refractivity contribution in [2.45, 2.75) is 270 Å². The first-order chi connectivity index (χ1) is 31.0. The van der Waals surface area contributed by atoms with E-state index in [1.54, 1.807) is 0 Å². The minimum atomic E-state index is -0.802. The normalized spacial score (nSPS) is 13.8. The Morgan fingerprint density at radius 1 is 0.476 bits per heavy atom. The van der Waals surface area contributed by atoms with E-state index >= 15 is 0 Å². The second-order valence-electron chi connectivity index (χ2n) is 18.0. The van der Waals surface area contributed by atoms with Crippen LogP contribution in [0.15, 0.2) is 72.9 Å². The largest absolute Gasteiger partial charge is 0.462 e. The number of hydrogen-bond acceptors (Lipinski definition) is 5. The molecule has 63 heavy (non-hydrogen) atoms. The molecular formula is C57H101NO5. The number of aliphatic hydroxyl groups excluding tert-OH is 2. The van der Waals surface area contributed by atoms with Crippen molar-refractivity contribution in [1.29, 1.82) is 0 Å². The molecule has 0 fully saturated rings. The number of amides is 1. The first-order valence-corrected chi connectivity index (χ1v) is 26.7. The van der Waals surface area contributed by atoms with E-state index < -0.39 is 18.2 Å². The average Bonchev–Trinajstić information content (AvgIpc) is 3.28. The molecule has 0 saturated carbocycles. The third-order valence-electron chi connectivity index (χ3n) is 11.9. The van der Waals surface area contributed by atoms with E-state index in [0.717, 1.165) is 83.5 Å². The summed E-state index contributed by atoms with van der Waals surface area (Å²) in [4.78, 5) is 26.2. The Morgan fingerprint density at radius 2 is 0.873 bits per heavy atom. The summed E-state index contributed by atoms with van der Waals surface area (Å²) >= 11 is 0. The van der Waals surface area contributed by atoms with Crippen molar-refractivity contribution in [3.63, 3.8) is 0 Å². The summed E-state index contributed by atoms with van der Waals surface area (Å²) < 4.78 is 5.92. The van der Waals surface area contributed by atoms with E-state index in [9.17, 15) is 19.8 Å². The molecule has 0 bridgehead atoms. The fraction of sp³-hybridized carbons (Fsp3) is 0.754. The molecule has 0 rings (SSSR count). The maximum absolute atomic E-state index is 13.2. The monoisotopic (exact) mass is 880 g/mol. The Hall–Kier alpha value is -2.70. The van der Waals surface area contributed by atoms with Gasteiger partial charge in [-0.05, 0) is 83.5 Å². The van der Waals surface area contributed by atoms with E-state index in [2.05, 4.69) is 92.9 Å². The van der Waals surface area contributed by atoms with Gasteiger partial charge in [-0.1, -0.05) is 229 Å². The SMILES string of the molecule is CCCCC/C=C\C/C=C\CCCCCCCCCC(=O)OC(CCCCC/C=C/C=C/C=C/C=C/CCCCC)CC(=O)NC(CO)C(O)CCCCCCCCCCCCC. The van der Waals surface area contributed by atoms with Crippen LogP contribution in [-0.2, 0) is 14.3 Å². The van der Waals surface area contributed by atoms with Gasteiger partial charge in [0.2, 0.25) is 5.91 Å². The van der Waals surface area contributed by atoms with Gasteiger partial charge >= 0.3 is 5.97 Å². The lowest BCUT2D eigenvalue weighted by Gasteiger charge is -2.24. The van der Waals surface area contributed by atoms with Crippen LogP contribution in [0.2, 0.25) is 0 Å². The number of unbranched alkanes of at least 4 members (excludes halogenated alkanes) is 26. The predicted octanol–water partition coefficient (Wildman–Crippen LogP) is 16.2. The number of nitrogens with one attached hydrogen (secondary N) is 1. The summed E-state index contributed by atoms with van der Waals surface area (Å²) in [6.45, 7) is 6.40. The van der Waals surface area contributed by atoms with Crippen LogP contribution in [0.3, 0.4) is 0 Å². The Kier molecular flexibility index (Phi) is 48.1. The Morgan fingerprint density at radius 3 is 1.40 bits per heavy atom. The van der Waals surface area contributed by atoms with Crippen LogP contribution in [0, 0.1) is 0 Å². The molecule has 0 saturated heterocycles. The Labute approximate surface area is 390 Å². The molecule has 0 spiro atoms. The zero-order chi connectivity index (χ0) is 45.9. The molecule has 0 heterocycles. The number of carbonyl (C=O) groups excluding carboxylic acids is 2. The Balaban J connectivity index is 4.68. The molecule has 0 aliphatic heterocycles. The van der Waals surface area contributed by atoms with Crippen molar-refractivity contribution >= 4 is 11.9 Å². The van der Waals surface area contributed by atoms with E-state index in [-0.39, 0.29) is 24.9 Å². The predicted molar refractivity (Wildman–Crippen MR) is 273 cm³/mol. The van der Waals surface area contributed by atoms with Gasteiger partial charge in [-0.2, -0.15) is 0 Å². The van der Waals surface area contributed by atoms with Gasteiger partial charge in [-0.15, -0.1) is 0 Å². The van der Waals surface area contributed by atoms with Crippen molar-refractivity contribution < 1.29 is 24.5 Å². The molecular weight excluding hydrogens is 779 g/mol. The number of aliphatic hydroxyl groups is 2. The lowest BCUT2D eigenvalue weighted by molar-refractivity contribution is -0.151. The van der Waals surface area contributed by atoms with Crippen molar-refractivity contribution in [2.24, 2.45) is 0 Å². The van der Waals surface area contributed by atoms with Crippen molar-refractivity contribution in [2.75, 3.05) is 6.61 Å². The highest BCUT2D eigenvalue weighted by Crippen LogP contribution is 2.17. The average molecular weight is 880 g/mol. The molecule has 6 heteroatoms. The maximum Gasteiger partial charge on any atom is 0.306 e. The topological polar surface area (TPSA) is 95.9 Å². The van der Waals surface area contributed by atoms with Crippen molar-refractivity contribution in [1.82, 2.24) is 5.32 Å². The van der Waals surface area contributed by atoms with Crippen LogP contribution in [0.25, 0.3) is 0 Å². The summed E-state index contributed by atoms with van der Waals surface area (Å²) in [6.07, 6.45) is 63.8. The third kappa shape index (κ3) is 45.7. The van der Waals surface area contributed by atoms with Gasteiger partial charge in [0.05, 0.1) is 25.2 Å². The fourth-order valence-electron chi connectivity index (χ4n) is 7.77. The second-order valence-corrected chi connectivity index (χ2v) is 18.0. The fourth-order valence-corrected chi connectivity index (χ4v) is 7.77. The van der Waals surface area contributed by atoms with E-state index in [1.165, 1.54) is 122 Å². The molecule has 364 valence electrons. The van der Waals surface area contributed by atoms with E-state index in [4.69, 9.17) is 4.74 Å². The number of esters is 1. The highest BCUT2D eigenvalue weighted by Gasteiger charge is 2.24. The lowest BCUT2D eigenvalue weighted by Crippen LogP contribution is -2.46. The van der Waals surface area contributed by atoms with E-state index in [0.29, 0.717) is 19.3 Å². The number of carbonyl (C=O) groups is 2. The van der Waals surface area contributed by atoms with Crippen LogP contribution in [0.5, 0.6) is 0 Å². The van der Waals surface area contributed by atoms with Crippen LogP contribution in [0.4, 0.5) is 0 Å². The quantitative estimate of drug-likeness (QED) is 0.0245. The number of ether oxygens (including phenoxy) is 1. The van der Waals surface area contributed by atoms with Gasteiger partial charge in [0.15, 0.2) is 0 Å². The molecule has 0 aromatic carbocycles. The first-order valence-electron chi connectivity index (χ1n) is 26.7. The molecule has 3 N–H and O–H groups in total. The van der Waals surface area contributed by atoms with E-state index in [1.807, 2.05) is 6.08 Å². The standard InChI is InChI=1S/C57H101NO5/c1-4-7-10-13-16-19-22-24-26-28-30-32-35-38-41-44-47-50-57(62)63-53(48-45-42-39-36-34-31-29-27-25-23-20-17-14-11-8-5-2)51-56(61)58-54(52-59)55(60)49-46-43-40-37-33-21-18-15-12-9-6-3/h16-17,19-20,23-27,29,31,34,53-55,59-60H,4-15,18,21-22,28,30,32-33,35-52H2,1-3H3,(H,58,61)/b19-16-,20-17+,25-23+,26-24-,29-27+,34-31+. The van der Waals surface area contributed by atoms with Crippen molar-refractivity contribution in [3.8, 4) is 0 Å². The molecule has 0 aromatic rings. The molecule has 3 atom stereocenters. The van der Waals surface area contributed by atoms with Crippen LogP contribution in [-0.4, -0.2) is 46.9 Å². The number of allylic oxidation sites excluding steroid dienone is 12. The zero-order valence-electron chi connectivity index (χ0n) is 41.4. The highest BCUT2D eigenvalue weighted by atomic mass is 16.5. The second kappa shape index (κ2) is 50.3. The molecule has 0 radical (unpaired) electrons. The van der Waals surface area contributed by atoms with Crippen LogP contribution >= 0.6 is 0 Å². The zero-order valence-corrected chi connectivity index (χ0v) is 41.4. The first kappa shape index (κ1) is 60.3. The third-order valence-corrected chi connectivity index (χ3v) is 11.9. The number of rotatable bonds is 47. The maximum atomic E-state index is 13.2.